The van der Waals surface area contributed by atoms with Crippen molar-refractivity contribution in [1.82, 2.24) is 4.98 Å². The van der Waals surface area contributed by atoms with Crippen LogP contribution >= 0.6 is 11.8 Å². The summed E-state index contributed by atoms with van der Waals surface area (Å²) in [5, 5.41) is 2.36. The molecule has 0 saturated heterocycles. The molecule has 1 nitrogen and oxygen atoms in total. The number of fused-ring (bicyclic) bond motifs is 1. The minimum absolute atomic E-state index is 1.10. The maximum Gasteiger partial charge on any atom is 0.0967 e. The largest absolute Gasteiger partial charge is 0.241 e. The first-order valence-electron chi connectivity index (χ1n) is 5.39. The Morgan fingerprint density at radius 2 is 2.00 bits per heavy atom. The fraction of sp³-hybridized carbons (Fsp3) is 0.308. The van der Waals surface area contributed by atoms with Crippen molar-refractivity contribution in [3.63, 3.8) is 0 Å². The molecule has 0 unspecified atom stereocenters. The average molecular weight is 217 g/mol. The van der Waals surface area contributed by atoms with E-state index in [0.29, 0.717) is 0 Å². The van der Waals surface area contributed by atoms with Gasteiger partial charge in [-0.25, -0.2) is 4.98 Å². The van der Waals surface area contributed by atoms with Gasteiger partial charge >= 0.3 is 0 Å². The lowest BCUT2D eigenvalue weighted by Crippen LogP contribution is -1.84. The lowest BCUT2D eigenvalue weighted by molar-refractivity contribution is 0.895. The standard InChI is InChI=1S/C13H15NS/c1-2-3-10-15-13-9-8-11-6-4-5-7-12(11)14-13/h4-9H,2-3,10H2,1H3. The van der Waals surface area contributed by atoms with Crippen molar-refractivity contribution >= 4 is 22.7 Å². The molecular weight excluding hydrogens is 202 g/mol. The minimum Gasteiger partial charge on any atom is -0.241 e. The van der Waals surface area contributed by atoms with Crippen molar-refractivity contribution in [1.29, 1.82) is 0 Å². The van der Waals surface area contributed by atoms with Gasteiger partial charge < -0.3 is 0 Å². The Labute approximate surface area is 94.9 Å². The number of thioether (sulfide) groups is 1. The summed E-state index contributed by atoms with van der Waals surface area (Å²) in [7, 11) is 0. The SMILES string of the molecule is CCCCSc1ccc2ccccc2n1. The van der Waals surface area contributed by atoms with Gasteiger partial charge in [-0.2, -0.15) is 0 Å². The number of hydrogen-bond donors (Lipinski definition) is 0. The number of aromatic nitrogens is 1. The van der Waals surface area contributed by atoms with Crippen molar-refractivity contribution in [3.8, 4) is 0 Å². The molecule has 0 aliphatic heterocycles. The average Bonchev–Trinajstić information content (AvgIpc) is 2.29. The number of rotatable bonds is 4. The summed E-state index contributed by atoms with van der Waals surface area (Å²) in [5.41, 5.74) is 1.10. The Bertz CT molecular complexity index is 439. The summed E-state index contributed by atoms with van der Waals surface area (Å²) in [6.45, 7) is 2.22. The first-order chi connectivity index (χ1) is 7.40. The number of para-hydroxylation sites is 1. The summed E-state index contributed by atoms with van der Waals surface area (Å²) in [4.78, 5) is 4.61. The highest BCUT2D eigenvalue weighted by molar-refractivity contribution is 7.99. The van der Waals surface area contributed by atoms with E-state index in [4.69, 9.17) is 0 Å². The van der Waals surface area contributed by atoms with Crippen LogP contribution in [0.2, 0.25) is 0 Å². The van der Waals surface area contributed by atoms with Crippen LogP contribution in [0.25, 0.3) is 10.9 Å². The van der Waals surface area contributed by atoms with Gasteiger partial charge in [-0.1, -0.05) is 37.6 Å². The molecular formula is C13H15NS. The lowest BCUT2D eigenvalue weighted by Gasteiger charge is -2.01. The molecule has 15 heavy (non-hydrogen) atoms. The molecule has 0 N–H and O–H groups in total. The summed E-state index contributed by atoms with van der Waals surface area (Å²) in [6.07, 6.45) is 2.51. The highest BCUT2D eigenvalue weighted by atomic mass is 32.2. The van der Waals surface area contributed by atoms with Gasteiger partial charge in [0, 0.05) is 5.39 Å². The van der Waals surface area contributed by atoms with Crippen molar-refractivity contribution in [3.05, 3.63) is 36.4 Å². The highest BCUT2D eigenvalue weighted by Gasteiger charge is 1.97. The van der Waals surface area contributed by atoms with Gasteiger partial charge in [0.1, 0.15) is 0 Å². The molecule has 1 heterocycles. The molecule has 2 heteroatoms. The smallest absolute Gasteiger partial charge is 0.0967 e. The predicted molar refractivity (Wildman–Crippen MR) is 67.4 cm³/mol. The summed E-state index contributed by atoms with van der Waals surface area (Å²) in [6, 6.07) is 12.5. The van der Waals surface area contributed by atoms with E-state index in [2.05, 4.69) is 36.2 Å². The van der Waals surface area contributed by atoms with Crippen LogP contribution in [0.3, 0.4) is 0 Å². The third-order valence-corrected chi connectivity index (χ3v) is 3.34. The molecule has 2 rings (SSSR count). The predicted octanol–water partition coefficient (Wildman–Crippen LogP) is 4.13. The van der Waals surface area contributed by atoms with Crippen LogP contribution < -0.4 is 0 Å². The van der Waals surface area contributed by atoms with Crippen LogP contribution in [0.15, 0.2) is 41.4 Å². The Kier molecular flexibility index (Phi) is 3.62. The van der Waals surface area contributed by atoms with Crippen molar-refractivity contribution < 1.29 is 0 Å². The Morgan fingerprint density at radius 1 is 1.13 bits per heavy atom. The van der Waals surface area contributed by atoms with E-state index in [-0.39, 0.29) is 0 Å². The molecule has 0 saturated carbocycles. The topological polar surface area (TPSA) is 12.9 Å². The zero-order valence-corrected chi connectivity index (χ0v) is 9.76. The van der Waals surface area contributed by atoms with Crippen LogP contribution in [0, 0.1) is 0 Å². The zero-order chi connectivity index (χ0) is 10.5. The molecule has 0 bridgehead atoms. The second-order valence-electron chi connectivity index (χ2n) is 3.54. The third kappa shape index (κ3) is 2.72. The fourth-order valence-electron chi connectivity index (χ4n) is 1.45. The van der Waals surface area contributed by atoms with Crippen LogP contribution in [0.5, 0.6) is 0 Å². The maximum absolute atomic E-state index is 4.61. The maximum atomic E-state index is 4.61. The quantitative estimate of drug-likeness (QED) is 0.564. The molecule has 0 aliphatic rings. The van der Waals surface area contributed by atoms with Crippen LogP contribution in [0.4, 0.5) is 0 Å². The van der Waals surface area contributed by atoms with E-state index in [1.165, 1.54) is 24.0 Å². The molecule has 2 aromatic rings. The minimum atomic E-state index is 1.10. The molecule has 78 valence electrons. The van der Waals surface area contributed by atoms with Crippen molar-refractivity contribution in [2.24, 2.45) is 0 Å². The number of unbranched alkanes of at least 4 members (excludes halogenated alkanes) is 1. The fourth-order valence-corrected chi connectivity index (χ4v) is 2.42. The Hall–Kier alpha value is -1.02. The zero-order valence-electron chi connectivity index (χ0n) is 8.94. The molecule has 0 fully saturated rings. The number of nitrogens with zero attached hydrogens (tertiary/aromatic N) is 1. The van der Waals surface area contributed by atoms with E-state index in [1.54, 1.807) is 0 Å². The number of hydrogen-bond acceptors (Lipinski definition) is 2. The molecule has 0 amide bonds. The van der Waals surface area contributed by atoms with Gasteiger partial charge in [-0.15, -0.1) is 11.8 Å². The highest BCUT2D eigenvalue weighted by Crippen LogP contribution is 2.20. The van der Waals surface area contributed by atoms with Crippen molar-refractivity contribution in [2.75, 3.05) is 5.75 Å². The van der Waals surface area contributed by atoms with Gasteiger partial charge in [0.2, 0.25) is 0 Å². The second-order valence-corrected chi connectivity index (χ2v) is 4.66. The van der Waals surface area contributed by atoms with E-state index in [0.717, 1.165) is 10.5 Å². The monoisotopic (exact) mass is 217 g/mol. The van der Waals surface area contributed by atoms with E-state index in [9.17, 15) is 0 Å². The molecule has 0 spiro atoms. The Balaban J connectivity index is 2.16. The molecule has 0 radical (unpaired) electrons. The van der Waals surface area contributed by atoms with E-state index in [1.807, 2.05) is 23.9 Å². The molecule has 1 aromatic carbocycles. The van der Waals surface area contributed by atoms with Gasteiger partial charge in [-0.3, -0.25) is 0 Å². The van der Waals surface area contributed by atoms with Crippen molar-refractivity contribution in [2.45, 2.75) is 24.8 Å². The molecule has 0 atom stereocenters. The summed E-state index contributed by atoms with van der Waals surface area (Å²) < 4.78 is 0. The molecule has 1 aromatic heterocycles. The van der Waals surface area contributed by atoms with Crippen LogP contribution in [-0.2, 0) is 0 Å². The number of pyridine rings is 1. The second kappa shape index (κ2) is 5.17. The van der Waals surface area contributed by atoms with Gasteiger partial charge in [-0.05, 0) is 24.3 Å². The van der Waals surface area contributed by atoms with Crippen LogP contribution in [0.1, 0.15) is 19.8 Å². The number of benzene rings is 1. The lowest BCUT2D eigenvalue weighted by atomic mass is 10.2. The van der Waals surface area contributed by atoms with Gasteiger partial charge in [0.15, 0.2) is 0 Å². The van der Waals surface area contributed by atoms with Crippen LogP contribution in [-0.4, -0.2) is 10.7 Å². The molecule has 0 aliphatic carbocycles. The van der Waals surface area contributed by atoms with E-state index < -0.39 is 0 Å². The third-order valence-electron chi connectivity index (χ3n) is 2.32. The van der Waals surface area contributed by atoms with Gasteiger partial charge in [0.05, 0.1) is 10.5 Å². The van der Waals surface area contributed by atoms with E-state index >= 15 is 0 Å². The first-order valence-corrected chi connectivity index (χ1v) is 6.37. The summed E-state index contributed by atoms with van der Waals surface area (Å²) in [5.74, 6) is 1.17. The first kappa shape index (κ1) is 10.5. The van der Waals surface area contributed by atoms with Gasteiger partial charge in [0.25, 0.3) is 0 Å². The normalized spacial score (nSPS) is 10.7. The Morgan fingerprint density at radius 3 is 2.87 bits per heavy atom. The summed E-state index contributed by atoms with van der Waals surface area (Å²) >= 11 is 1.85.